The molecule has 0 unspecified atom stereocenters. The van der Waals surface area contributed by atoms with Crippen LogP contribution in [0.5, 0.6) is 5.75 Å². The van der Waals surface area contributed by atoms with E-state index in [1.165, 1.54) is 6.92 Å². The van der Waals surface area contributed by atoms with Crippen molar-refractivity contribution in [3.63, 3.8) is 0 Å². The Hall–Kier alpha value is -1.11. The molecule has 2 N–H and O–H groups in total. The first-order valence-electron chi connectivity index (χ1n) is 3.75. The van der Waals surface area contributed by atoms with E-state index < -0.39 is 10.8 Å². The Kier molecular flexibility index (Phi) is 5.27. The fourth-order valence-corrected chi connectivity index (χ4v) is 0.927. The van der Waals surface area contributed by atoms with Crippen LogP contribution in [0.3, 0.4) is 0 Å². The molecule has 1 amide bonds. The molecule has 0 aliphatic carbocycles. The molecule has 0 bridgehead atoms. The molecule has 0 spiro atoms. The van der Waals surface area contributed by atoms with Gasteiger partial charge in [0.1, 0.15) is 5.75 Å². The minimum absolute atomic E-state index is 0. The number of anilines is 1. The number of phenolic OH excluding ortho intramolecular Hbond substituents is 1. The second kappa shape index (κ2) is 5.69. The van der Waals surface area contributed by atoms with Crippen LogP contribution >= 0.6 is 0 Å². The maximum Gasteiger partial charge on any atom is 0.271 e. The summed E-state index contributed by atoms with van der Waals surface area (Å²) in [7, 11) is 0. The van der Waals surface area contributed by atoms with Crippen LogP contribution in [0.15, 0.2) is 18.2 Å². The van der Waals surface area contributed by atoms with E-state index in [-0.39, 0.29) is 46.7 Å². The van der Waals surface area contributed by atoms with Crippen LogP contribution in [0.25, 0.3) is 0 Å². The molecule has 0 aliphatic heterocycles. The molecule has 1 aromatic carbocycles. The van der Waals surface area contributed by atoms with Crippen LogP contribution < -0.4 is 5.32 Å². The summed E-state index contributed by atoms with van der Waals surface area (Å²) in [6, 6.07) is 3.40. The summed E-state index contributed by atoms with van der Waals surface area (Å²) < 4.78 is 0. The van der Waals surface area contributed by atoms with Gasteiger partial charge in [-0.3, -0.25) is 14.9 Å². The number of nitro groups is 1. The summed E-state index contributed by atoms with van der Waals surface area (Å²) in [5, 5.41) is 21.9. The van der Waals surface area contributed by atoms with Crippen molar-refractivity contribution in [2.24, 2.45) is 0 Å². The van der Waals surface area contributed by atoms with E-state index >= 15 is 0 Å². The van der Waals surface area contributed by atoms with Crippen molar-refractivity contribution in [1.29, 1.82) is 0 Å². The molecule has 1 aromatic rings. The molecule has 0 saturated heterocycles. The smallest absolute Gasteiger partial charge is 0.271 e. The van der Waals surface area contributed by atoms with Crippen LogP contribution in [0.2, 0.25) is 0 Å². The normalized spacial score (nSPS) is 8.87. The third kappa shape index (κ3) is 3.86. The summed E-state index contributed by atoms with van der Waals surface area (Å²) in [4.78, 5) is 20.4. The zero-order valence-corrected chi connectivity index (χ0v) is 10.4. The van der Waals surface area contributed by atoms with E-state index in [9.17, 15) is 20.0 Å². The number of non-ortho nitro benzene ring substituents is 1. The number of hydrogen-bond donors (Lipinski definition) is 2. The molecule has 15 heavy (non-hydrogen) atoms. The SMILES string of the molecule is CC(=O)Nc1cc([N+](=O)[O-])ccc1O.[Na]. The van der Waals surface area contributed by atoms with Crippen LogP contribution in [-0.2, 0) is 4.79 Å². The van der Waals surface area contributed by atoms with Crippen LogP contribution in [0.4, 0.5) is 11.4 Å². The summed E-state index contributed by atoms with van der Waals surface area (Å²) in [5.41, 5.74) is -0.154. The van der Waals surface area contributed by atoms with Crippen molar-refractivity contribution < 1.29 is 14.8 Å². The molecule has 7 heteroatoms. The van der Waals surface area contributed by atoms with Crippen molar-refractivity contribution >= 4 is 46.8 Å². The Morgan fingerprint density at radius 3 is 2.60 bits per heavy atom. The summed E-state index contributed by atoms with van der Waals surface area (Å²) >= 11 is 0. The molecule has 0 atom stereocenters. The second-order valence-corrected chi connectivity index (χ2v) is 2.64. The van der Waals surface area contributed by atoms with Gasteiger partial charge in [-0.2, -0.15) is 0 Å². The van der Waals surface area contributed by atoms with Gasteiger partial charge in [-0.15, -0.1) is 0 Å². The predicted octanol–water partition coefficient (Wildman–Crippen LogP) is 0.878. The Balaban J connectivity index is 0.00000196. The van der Waals surface area contributed by atoms with Gasteiger partial charge in [-0.1, -0.05) is 0 Å². The number of nitrogens with zero attached hydrogens (tertiary/aromatic N) is 1. The zero-order chi connectivity index (χ0) is 10.7. The first-order valence-corrected chi connectivity index (χ1v) is 3.75. The molecule has 6 nitrogen and oxygen atoms in total. The molecular formula is C8H8N2NaO4. The Labute approximate surface area is 108 Å². The summed E-state index contributed by atoms with van der Waals surface area (Å²) in [6.07, 6.45) is 0. The number of carbonyl (C=O) groups excluding carboxylic acids is 1. The van der Waals surface area contributed by atoms with Crippen LogP contribution in [0, 0.1) is 10.1 Å². The third-order valence-electron chi connectivity index (χ3n) is 1.50. The van der Waals surface area contributed by atoms with E-state index in [1.54, 1.807) is 0 Å². The van der Waals surface area contributed by atoms with Gasteiger partial charge in [0, 0.05) is 48.6 Å². The van der Waals surface area contributed by atoms with Gasteiger partial charge in [-0.05, 0) is 6.07 Å². The number of amides is 1. The van der Waals surface area contributed by atoms with Crippen molar-refractivity contribution in [1.82, 2.24) is 0 Å². The van der Waals surface area contributed by atoms with Crippen molar-refractivity contribution in [3.05, 3.63) is 28.3 Å². The van der Waals surface area contributed by atoms with Gasteiger partial charge in [0.05, 0.1) is 10.6 Å². The predicted molar refractivity (Wildman–Crippen MR) is 54.8 cm³/mol. The number of benzene rings is 1. The molecule has 0 saturated carbocycles. The van der Waals surface area contributed by atoms with Crippen molar-refractivity contribution in [2.75, 3.05) is 5.32 Å². The minimum atomic E-state index is -0.606. The Bertz CT molecular complexity index is 394. The molecular weight excluding hydrogens is 211 g/mol. The monoisotopic (exact) mass is 219 g/mol. The number of aromatic hydroxyl groups is 1. The number of phenols is 1. The van der Waals surface area contributed by atoms with Gasteiger partial charge in [-0.25, -0.2) is 0 Å². The minimum Gasteiger partial charge on any atom is -0.506 e. The maximum absolute atomic E-state index is 10.7. The number of carbonyl (C=O) groups is 1. The van der Waals surface area contributed by atoms with Gasteiger partial charge < -0.3 is 10.4 Å². The van der Waals surface area contributed by atoms with Gasteiger partial charge in [0.15, 0.2) is 0 Å². The third-order valence-corrected chi connectivity index (χ3v) is 1.50. The molecule has 75 valence electrons. The van der Waals surface area contributed by atoms with E-state index in [4.69, 9.17) is 0 Å². The van der Waals surface area contributed by atoms with E-state index in [1.807, 2.05) is 0 Å². The largest absolute Gasteiger partial charge is 0.506 e. The molecule has 0 aromatic heterocycles. The standard InChI is InChI=1S/C8H8N2O4.Na/c1-5(11)9-7-4-6(10(13)14)2-3-8(7)12;/h2-4,12H,1H3,(H,9,11);. The van der Waals surface area contributed by atoms with Crippen molar-refractivity contribution in [2.45, 2.75) is 6.92 Å². The average Bonchev–Trinajstić information content (AvgIpc) is 2.07. The topological polar surface area (TPSA) is 92.5 Å². The molecule has 1 rings (SSSR count). The van der Waals surface area contributed by atoms with Crippen molar-refractivity contribution in [3.8, 4) is 5.75 Å². The Morgan fingerprint density at radius 2 is 2.13 bits per heavy atom. The fourth-order valence-electron chi connectivity index (χ4n) is 0.927. The van der Waals surface area contributed by atoms with Gasteiger partial charge >= 0.3 is 0 Å². The first-order chi connectivity index (χ1) is 6.50. The fraction of sp³-hybridized carbons (Fsp3) is 0.125. The number of nitro benzene ring substituents is 1. The summed E-state index contributed by atoms with van der Waals surface area (Å²) in [6.45, 7) is 1.25. The van der Waals surface area contributed by atoms with Crippen LogP contribution in [0.1, 0.15) is 6.92 Å². The van der Waals surface area contributed by atoms with E-state index in [0.29, 0.717) is 0 Å². The molecule has 0 fully saturated rings. The molecule has 0 heterocycles. The first kappa shape index (κ1) is 13.9. The number of nitrogens with one attached hydrogen (secondary N) is 1. The van der Waals surface area contributed by atoms with Crippen LogP contribution in [-0.4, -0.2) is 45.5 Å². The number of hydrogen-bond acceptors (Lipinski definition) is 4. The summed E-state index contributed by atoms with van der Waals surface area (Å²) in [5.74, 6) is -0.605. The van der Waals surface area contributed by atoms with E-state index in [2.05, 4.69) is 5.32 Å². The van der Waals surface area contributed by atoms with E-state index in [0.717, 1.165) is 18.2 Å². The number of rotatable bonds is 2. The zero-order valence-electron chi connectivity index (χ0n) is 8.35. The molecule has 1 radical (unpaired) electrons. The Morgan fingerprint density at radius 1 is 1.53 bits per heavy atom. The van der Waals surface area contributed by atoms with Gasteiger partial charge in [0.2, 0.25) is 5.91 Å². The maximum atomic E-state index is 10.7. The average molecular weight is 219 g/mol. The van der Waals surface area contributed by atoms with Gasteiger partial charge in [0.25, 0.3) is 5.69 Å². The molecule has 0 aliphatic rings. The second-order valence-electron chi connectivity index (χ2n) is 2.64. The quantitative estimate of drug-likeness (QED) is 0.334.